The van der Waals surface area contributed by atoms with Crippen LogP contribution in [0.1, 0.15) is 36.5 Å². The van der Waals surface area contributed by atoms with E-state index in [-0.39, 0.29) is 13.1 Å². The second-order valence-corrected chi connectivity index (χ2v) is 5.19. The van der Waals surface area contributed by atoms with Gasteiger partial charge in [-0.25, -0.2) is 0 Å². The maximum Gasteiger partial charge on any atom is 0.231 e. The van der Waals surface area contributed by atoms with E-state index in [4.69, 9.17) is 18.9 Å². The molecule has 0 saturated carbocycles. The molecule has 2 atom stereocenters. The molecule has 1 fully saturated rings. The number of rotatable bonds is 5. The highest BCUT2D eigenvalue weighted by Gasteiger charge is 2.21. The standard InChI is InChI=1S/C16H20O5/c1-2-13(17)12-8-15-14(20-10-21-15)7-11(12)9-19-16-5-3-4-6-18-16/h2,7-8,13,16-17H,1,3-6,9-10H2/t13-,16+/m1/s1. The molecule has 0 radical (unpaired) electrons. The highest BCUT2D eigenvalue weighted by atomic mass is 16.7. The molecule has 0 amide bonds. The van der Waals surface area contributed by atoms with E-state index < -0.39 is 6.10 Å². The Bertz CT molecular complexity index is 508. The Kier molecular flexibility index (Phi) is 4.43. The first-order valence-electron chi connectivity index (χ1n) is 7.24. The second kappa shape index (κ2) is 6.47. The first-order chi connectivity index (χ1) is 10.3. The molecule has 0 unspecified atom stereocenters. The van der Waals surface area contributed by atoms with Crippen LogP contribution in [0.4, 0.5) is 0 Å². The zero-order valence-corrected chi connectivity index (χ0v) is 11.9. The van der Waals surface area contributed by atoms with E-state index in [1.807, 2.05) is 6.07 Å². The highest BCUT2D eigenvalue weighted by molar-refractivity contribution is 5.49. The minimum absolute atomic E-state index is 0.169. The van der Waals surface area contributed by atoms with Crippen LogP contribution < -0.4 is 9.47 Å². The summed E-state index contributed by atoms with van der Waals surface area (Å²) in [6, 6.07) is 3.64. The molecule has 5 heteroatoms. The highest BCUT2D eigenvalue weighted by Crippen LogP contribution is 2.37. The summed E-state index contributed by atoms with van der Waals surface area (Å²) in [5.74, 6) is 1.32. The van der Waals surface area contributed by atoms with Gasteiger partial charge in [-0.1, -0.05) is 6.08 Å². The number of hydrogen-bond donors (Lipinski definition) is 1. The molecule has 2 heterocycles. The van der Waals surface area contributed by atoms with Gasteiger partial charge in [-0.15, -0.1) is 6.58 Å². The Labute approximate surface area is 124 Å². The van der Waals surface area contributed by atoms with Crippen LogP contribution in [0.25, 0.3) is 0 Å². The van der Waals surface area contributed by atoms with Crippen molar-refractivity contribution < 1.29 is 24.1 Å². The van der Waals surface area contributed by atoms with Gasteiger partial charge in [-0.05, 0) is 42.5 Å². The van der Waals surface area contributed by atoms with Crippen molar-refractivity contribution in [2.24, 2.45) is 0 Å². The number of benzene rings is 1. The van der Waals surface area contributed by atoms with Crippen LogP contribution in [0.3, 0.4) is 0 Å². The summed E-state index contributed by atoms with van der Waals surface area (Å²) >= 11 is 0. The van der Waals surface area contributed by atoms with E-state index in [1.165, 1.54) is 6.08 Å². The molecule has 21 heavy (non-hydrogen) atoms. The van der Waals surface area contributed by atoms with Crippen molar-refractivity contribution in [3.63, 3.8) is 0 Å². The summed E-state index contributed by atoms with van der Waals surface area (Å²) in [6.07, 6.45) is 3.67. The SMILES string of the molecule is C=C[C@@H](O)c1cc2c(cc1CO[C@H]1CCCCO1)OCO2. The Morgan fingerprint density at radius 1 is 1.33 bits per heavy atom. The third kappa shape index (κ3) is 3.20. The lowest BCUT2D eigenvalue weighted by Gasteiger charge is -2.23. The Balaban J connectivity index is 1.77. The van der Waals surface area contributed by atoms with Crippen LogP contribution in [0.15, 0.2) is 24.8 Å². The van der Waals surface area contributed by atoms with Crippen molar-refractivity contribution in [2.75, 3.05) is 13.4 Å². The van der Waals surface area contributed by atoms with Gasteiger partial charge in [0.15, 0.2) is 17.8 Å². The second-order valence-electron chi connectivity index (χ2n) is 5.19. The molecule has 2 aliphatic heterocycles. The molecule has 3 rings (SSSR count). The lowest BCUT2D eigenvalue weighted by molar-refractivity contribution is -0.169. The van der Waals surface area contributed by atoms with Gasteiger partial charge in [0, 0.05) is 6.61 Å². The van der Waals surface area contributed by atoms with Crippen molar-refractivity contribution in [2.45, 2.75) is 38.3 Å². The third-order valence-corrected chi connectivity index (χ3v) is 3.74. The van der Waals surface area contributed by atoms with Gasteiger partial charge in [0.25, 0.3) is 0 Å². The number of fused-ring (bicyclic) bond motifs is 1. The smallest absolute Gasteiger partial charge is 0.231 e. The van der Waals surface area contributed by atoms with Gasteiger partial charge in [-0.2, -0.15) is 0 Å². The van der Waals surface area contributed by atoms with Crippen LogP contribution in [0, 0.1) is 0 Å². The molecule has 1 aromatic carbocycles. The molecule has 5 nitrogen and oxygen atoms in total. The summed E-state index contributed by atoms with van der Waals surface area (Å²) in [5.41, 5.74) is 1.59. The maximum absolute atomic E-state index is 10.1. The van der Waals surface area contributed by atoms with Crippen molar-refractivity contribution >= 4 is 0 Å². The molecular formula is C16H20O5. The molecule has 1 saturated heterocycles. The normalized spacial score (nSPS) is 22.0. The number of hydrogen-bond acceptors (Lipinski definition) is 5. The first-order valence-corrected chi connectivity index (χ1v) is 7.24. The summed E-state index contributed by atoms with van der Waals surface area (Å²) < 4.78 is 22.1. The van der Waals surface area contributed by atoms with Gasteiger partial charge in [-0.3, -0.25) is 0 Å². The molecule has 0 bridgehead atoms. The Hall–Kier alpha value is -1.56. The average molecular weight is 292 g/mol. The summed E-state index contributed by atoms with van der Waals surface area (Å²) in [7, 11) is 0. The largest absolute Gasteiger partial charge is 0.454 e. The molecular weight excluding hydrogens is 272 g/mol. The van der Waals surface area contributed by atoms with E-state index in [9.17, 15) is 5.11 Å². The van der Waals surface area contributed by atoms with E-state index in [0.29, 0.717) is 18.1 Å². The lowest BCUT2D eigenvalue weighted by atomic mass is 10.0. The average Bonchev–Trinajstić information content (AvgIpc) is 2.99. The molecule has 0 aliphatic carbocycles. The van der Waals surface area contributed by atoms with Crippen LogP contribution in [-0.2, 0) is 16.1 Å². The van der Waals surface area contributed by atoms with E-state index in [0.717, 1.165) is 37.0 Å². The van der Waals surface area contributed by atoms with E-state index in [1.54, 1.807) is 6.07 Å². The summed E-state index contributed by atoms with van der Waals surface area (Å²) in [4.78, 5) is 0. The fourth-order valence-electron chi connectivity index (χ4n) is 2.55. The monoisotopic (exact) mass is 292 g/mol. The topological polar surface area (TPSA) is 57.2 Å². The first kappa shape index (κ1) is 14.4. The van der Waals surface area contributed by atoms with Gasteiger partial charge in [0.1, 0.15) is 0 Å². The fraction of sp³-hybridized carbons (Fsp3) is 0.500. The van der Waals surface area contributed by atoms with Crippen LogP contribution >= 0.6 is 0 Å². The maximum atomic E-state index is 10.1. The predicted molar refractivity (Wildman–Crippen MR) is 76.1 cm³/mol. The molecule has 1 aromatic rings. The summed E-state index contributed by atoms with van der Waals surface area (Å²) in [5, 5.41) is 10.1. The number of aliphatic hydroxyl groups excluding tert-OH is 1. The molecule has 114 valence electrons. The van der Waals surface area contributed by atoms with Crippen molar-refractivity contribution in [1.29, 1.82) is 0 Å². The van der Waals surface area contributed by atoms with Crippen LogP contribution in [0.2, 0.25) is 0 Å². The third-order valence-electron chi connectivity index (χ3n) is 3.74. The van der Waals surface area contributed by atoms with Gasteiger partial charge < -0.3 is 24.1 Å². The fourth-order valence-corrected chi connectivity index (χ4v) is 2.55. The van der Waals surface area contributed by atoms with Crippen molar-refractivity contribution in [3.8, 4) is 11.5 Å². The number of aliphatic hydroxyl groups is 1. The van der Waals surface area contributed by atoms with Gasteiger partial charge in [0.2, 0.25) is 6.79 Å². The minimum Gasteiger partial charge on any atom is -0.454 e. The van der Waals surface area contributed by atoms with E-state index >= 15 is 0 Å². The van der Waals surface area contributed by atoms with Crippen molar-refractivity contribution in [1.82, 2.24) is 0 Å². The zero-order valence-electron chi connectivity index (χ0n) is 11.9. The Morgan fingerprint density at radius 3 is 2.86 bits per heavy atom. The quantitative estimate of drug-likeness (QED) is 0.846. The summed E-state index contributed by atoms with van der Waals surface area (Å²) in [6.45, 7) is 4.94. The molecule has 0 aromatic heterocycles. The van der Waals surface area contributed by atoms with Crippen molar-refractivity contribution in [3.05, 3.63) is 35.9 Å². The van der Waals surface area contributed by atoms with Crippen LogP contribution in [0.5, 0.6) is 11.5 Å². The lowest BCUT2D eigenvalue weighted by Crippen LogP contribution is -2.22. The zero-order chi connectivity index (χ0) is 14.7. The predicted octanol–water partition coefficient (Wildman–Crippen LogP) is 2.68. The van der Waals surface area contributed by atoms with Gasteiger partial charge >= 0.3 is 0 Å². The number of ether oxygens (including phenoxy) is 4. The molecule has 2 aliphatic rings. The van der Waals surface area contributed by atoms with Gasteiger partial charge in [0.05, 0.1) is 12.7 Å². The van der Waals surface area contributed by atoms with Crippen LogP contribution in [-0.4, -0.2) is 24.8 Å². The van der Waals surface area contributed by atoms with E-state index in [2.05, 4.69) is 6.58 Å². The minimum atomic E-state index is -0.759. The molecule has 0 spiro atoms. The molecule has 1 N–H and O–H groups in total. The Morgan fingerprint density at radius 2 is 2.14 bits per heavy atom.